The van der Waals surface area contributed by atoms with Crippen LogP contribution in [-0.4, -0.2) is 30.0 Å². The Balaban J connectivity index is 1.86. The number of carbonyl (C=O) groups is 2. The van der Waals surface area contributed by atoms with Crippen molar-refractivity contribution < 1.29 is 23.5 Å². The van der Waals surface area contributed by atoms with E-state index in [9.17, 15) is 14.0 Å². The van der Waals surface area contributed by atoms with Gasteiger partial charge in [-0.2, -0.15) is 0 Å². The van der Waals surface area contributed by atoms with Crippen LogP contribution >= 0.6 is 11.6 Å². The molecule has 0 bridgehead atoms. The summed E-state index contributed by atoms with van der Waals surface area (Å²) in [4.78, 5) is 25.2. The SMILES string of the molecule is CCOc1cc(/C=C2/NC(=O)N(CC)C2=O)cc(Cl)c1OCc1ccc(F)cc1. The molecule has 8 heteroatoms. The molecule has 0 atom stereocenters. The van der Waals surface area contributed by atoms with Gasteiger partial charge in [0.15, 0.2) is 11.5 Å². The van der Waals surface area contributed by atoms with Crippen LogP contribution in [0.4, 0.5) is 9.18 Å². The summed E-state index contributed by atoms with van der Waals surface area (Å²) in [6.45, 7) is 4.38. The molecule has 1 heterocycles. The van der Waals surface area contributed by atoms with Gasteiger partial charge in [-0.05, 0) is 55.3 Å². The molecule has 2 aromatic rings. The van der Waals surface area contributed by atoms with Gasteiger partial charge in [0.1, 0.15) is 18.1 Å². The highest BCUT2D eigenvalue weighted by molar-refractivity contribution is 6.32. The van der Waals surface area contributed by atoms with Gasteiger partial charge < -0.3 is 14.8 Å². The second kappa shape index (κ2) is 8.96. The molecule has 0 aromatic heterocycles. The van der Waals surface area contributed by atoms with Crippen molar-refractivity contribution in [3.05, 3.63) is 64.1 Å². The average molecular weight is 419 g/mol. The Labute approximate surface area is 172 Å². The van der Waals surface area contributed by atoms with Crippen molar-refractivity contribution in [2.75, 3.05) is 13.2 Å². The summed E-state index contributed by atoms with van der Waals surface area (Å²) in [6, 6.07) is 8.78. The summed E-state index contributed by atoms with van der Waals surface area (Å²) in [7, 11) is 0. The van der Waals surface area contributed by atoms with Crippen molar-refractivity contribution in [1.82, 2.24) is 10.2 Å². The molecule has 0 unspecified atom stereocenters. The minimum absolute atomic E-state index is 0.162. The normalized spacial score (nSPS) is 15.0. The van der Waals surface area contributed by atoms with Crippen molar-refractivity contribution in [2.45, 2.75) is 20.5 Å². The Hall–Kier alpha value is -3.06. The second-order valence-electron chi connectivity index (χ2n) is 6.22. The molecular formula is C21H20ClFN2O4. The first-order chi connectivity index (χ1) is 13.9. The van der Waals surface area contributed by atoms with E-state index in [4.69, 9.17) is 21.1 Å². The maximum Gasteiger partial charge on any atom is 0.328 e. The zero-order valence-electron chi connectivity index (χ0n) is 16.0. The molecule has 3 amide bonds. The Morgan fingerprint density at radius 1 is 1.14 bits per heavy atom. The first kappa shape index (κ1) is 20.7. The van der Waals surface area contributed by atoms with Crippen LogP contribution in [0.2, 0.25) is 5.02 Å². The Kier molecular flexibility index (Phi) is 6.39. The lowest BCUT2D eigenvalue weighted by Gasteiger charge is -2.15. The molecule has 29 heavy (non-hydrogen) atoms. The number of likely N-dealkylation sites (N-methyl/N-ethyl adjacent to an activating group) is 1. The predicted molar refractivity (Wildman–Crippen MR) is 107 cm³/mol. The highest BCUT2D eigenvalue weighted by atomic mass is 35.5. The number of amides is 3. The molecule has 6 nitrogen and oxygen atoms in total. The van der Waals surface area contributed by atoms with Gasteiger partial charge >= 0.3 is 6.03 Å². The minimum Gasteiger partial charge on any atom is -0.490 e. The first-order valence-electron chi connectivity index (χ1n) is 9.11. The summed E-state index contributed by atoms with van der Waals surface area (Å²) < 4.78 is 24.5. The number of nitrogens with zero attached hydrogens (tertiary/aromatic N) is 1. The Morgan fingerprint density at radius 3 is 2.48 bits per heavy atom. The topological polar surface area (TPSA) is 67.9 Å². The summed E-state index contributed by atoms with van der Waals surface area (Å²) >= 11 is 6.39. The molecule has 0 aliphatic carbocycles. The van der Waals surface area contributed by atoms with E-state index in [1.165, 1.54) is 18.2 Å². The maximum absolute atomic E-state index is 13.0. The van der Waals surface area contributed by atoms with Gasteiger partial charge in [-0.25, -0.2) is 9.18 Å². The van der Waals surface area contributed by atoms with Gasteiger partial charge in [0, 0.05) is 6.54 Å². The zero-order valence-corrected chi connectivity index (χ0v) is 16.8. The predicted octanol–water partition coefficient (Wildman–Crippen LogP) is 4.37. The van der Waals surface area contributed by atoms with Crippen LogP contribution in [0.1, 0.15) is 25.0 Å². The molecule has 1 N–H and O–H groups in total. The number of rotatable bonds is 7. The third-order valence-corrected chi connectivity index (χ3v) is 4.50. The van der Waals surface area contributed by atoms with E-state index in [1.54, 1.807) is 31.2 Å². The van der Waals surface area contributed by atoms with E-state index in [0.29, 0.717) is 23.7 Å². The molecule has 0 radical (unpaired) electrons. The van der Waals surface area contributed by atoms with E-state index in [-0.39, 0.29) is 29.7 Å². The Morgan fingerprint density at radius 2 is 1.86 bits per heavy atom. The fraction of sp³-hybridized carbons (Fsp3) is 0.238. The Bertz CT molecular complexity index is 960. The third kappa shape index (κ3) is 4.68. The van der Waals surface area contributed by atoms with Crippen LogP contribution in [0, 0.1) is 5.82 Å². The van der Waals surface area contributed by atoms with Crippen molar-refractivity contribution in [2.24, 2.45) is 0 Å². The number of imide groups is 1. The van der Waals surface area contributed by atoms with Crippen LogP contribution in [0.15, 0.2) is 42.1 Å². The number of ether oxygens (including phenoxy) is 2. The lowest BCUT2D eigenvalue weighted by atomic mass is 10.1. The van der Waals surface area contributed by atoms with Gasteiger partial charge in [0.25, 0.3) is 5.91 Å². The number of hydrogen-bond donors (Lipinski definition) is 1. The zero-order chi connectivity index (χ0) is 21.0. The van der Waals surface area contributed by atoms with Crippen molar-refractivity contribution in [3.63, 3.8) is 0 Å². The molecule has 1 aliphatic rings. The number of nitrogens with one attached hydrogen (secondary N) is 1. The molecule has 1 fully saturated rings. The van der Waals surface area contributed by atoms with E-state index < -0.39 is 11.9 Å². The summed E-state index contributed by atoms with van der Waals surface area (Å²) in [5.74, 6) is 0.0210. The fourth-order valence-electron chi connectivity index (χ4n) is 2.84. The minimum atomic E-state index is -0.459. The second-order valence-corrected chi connectivity index (χ2v) is 6.62. The quantitative estimate of drug-likeness (QED) is 0.535. The van der Waals surface area contributed by atoms with Crippen molar-refractivity contribution in [1.29, 1.82) is 0 Å². The van der Waals surface area contributed by atoms with Gasteiger partial charge in [-0.1, -0.05) is 23.7 Å². The lowest BCUT2D eigenvalue weighted by molar-refractivity contribution is -0.122. The first-order valence-corrected chi connectivity index (χ1v) is 9.48. The number of hydrogen-bond acceptors (Lipinski definition) is 4. The lowest BCUT2D eigenvalue weighted by Crippen LogP contribution is -2.30. The van der Waals surface area contributed by atoms with Crippen LogP contribution in [0.3, 0.4) is 0 Å². The molecule has 2 aromatic carbocycles. The maximum atomic E-state index is 13.0. The molecule has 1 aliphatic heterocycles. The van der Waals surface area contributed by atoms with E-state index in [2.05, 4.69) is 5.32 Å². The van der Waals surface area contributed by atoms with Crippen LogP contribution in [0.25, 0.3) is 6.08 Å². The fourth-order valence-corrected chi connectivity index (χ4v) is 3.11. The number of benzene rings is 2. The number of carbonyl (C=O) groups excluding carboxylic acids is 2. The number of urea groups is 1. The molecule has 152 valence electrons. The standard InChI is InChI=1S/C21H20ClFN2O4/c1-3-25-20(26)17(24-21(25)27)10-14-9-16(22)19(18(11-14)28-4-2)29-12-13-5-7-15(23)8-6-13/h5-11H,3-4,12H2,1-2H3,(H,24,27)/b17-10+. The monoisotopic (exact) mass is 418 g/mol. The molecule has 1 saturated heterocycles. The summed E-state index contributed by atoms with van der Waals surface area (Å²) in [6.07, 6.45) is 1.54. The van der Waals surface area contributed by atoms with Crippen LogP contribution in [-0.2, 0) is 11.4 Å². The van der Waals surface area contributed by atoms with Crippen molar-refractivity contribution >= 4 is 29.6 Å². The summed E-state index contributed by atoms with van der Waals surface area (Å²) in [5, 5.41) is 2.83. The summed E-state index contributed by atoms with van der Waals surface area (Å²) in [5.41, 5.74) is 1.51. The van der Waals surface area contributed by atoms with E-state index in [1.807, 2.05) is 6.92 Å². The van der Waals surface area contributed by atoms with Gasteiger partial charge in [0.2, 0.25) is 0 Å². The van der Waals surface area contributed by atoms with Crippen molar-refractivity contribution in [3.8, 4) is 11.5 Å². The number of halogens is 2. The highest BCUT2D eigenvalue weighted by Crippen LogP contribution is 2.38. The molecular weight excluding hydrogens is 399 g/mol. The van der Waals surface area contributed by atoms with Gasteiger partial charge in [-0.15, -0.1) is 0 Å². The van der Waals surface area contributed by atoms with Gasteiger partial charge in [0.05, 0.1) is 11.6 Å². The van der Waals surface area contributed by atoms with Crippen LogP contribution in [0.5, 0.6) is 11.5 Å². The molecule has 3 rings (SSSR count). The van der Waals surface area contributed by atoms with E-state index >= 15 is 0 Å². The van der Waals surface area contributed by atoms with Crippen LogP contribution < -0.4 is 14.8 Å². The largest absolute Gasteiger partial charge is 0.490 e. The average Bonchev–Trinajstić information content (AvgIpc) is 2.95. The van der Waals surface area contributed by atoms with Gasteiger partial charge in [-0.3, -0.25) is 9.69 Å². The smallest absolute Gasteiger partial charge is 0.328 e. The molecule has 0 spiro atoms. The molecule has 0 saturated carbocycles. The highest BCUT2D eigenvalue weighted by Gasteiger charge is 2.32. The third-order valence-electron chi connectivity index (χ3n) is 4.22. The van der Waals surface area contributed by atoms with E-state index in [0.717, 1.165) is 10.5 Å².